The summed E-state index contributed by atoms with van der Waals surface area (Å²) >= 11 is 0. The van der Waals surface area contributed by atoms with Crippen LogP contribution in [0.1, 0.15) is 37.1 Å². The molecule has 1 aliphatic heterocycles. The van der Waals surface area contributed by atoms with Crippen molar-refractivity contribution in [1.82, 2.24) is 15.2 Å². The molecule has 22 heavy (non-hydrogen) atoms. The lowest BCUT2D eigenvalue weighted by Crippen LogP contribution is -2.58. The molecule has 5 heteroatoms. The fourth-order valence-electron chi connectivity index (χ4n) is 3.11. The summed E-state index contributed by atoms with van der Waals surface area (Å²) in [6.45, 7) is 4.43. The zero-order valence-corrected chi connectivity index (χ0v) is 13.2. The first-order chi connectivity index (χ1) is 10.6. The van der Waals surface area contributed by atoms with Crippen molar-refractivity contribution in [1.29, 1.82) is 0 Å². The number of nitrogens with one attached hydrogen (secondary N) is 1. The Balaban J connectivity index is 1.54. The summed E-state index contributed by atoms with van der Waals surface area (Å²) in [7, 11) is 0. The topological polar surface area (TPSA) is 65.5 Å². The Kier molecular flexibility index (Phi) is 4.45. The number of hydrogen-bond acceptors (Lipinski definition) is 4. The Labute approximate surface area is 131 Å². The fourth-order valence-corrected chi connectivity index (χ4v) is 3.11. The molecule has 0 radical (unpaired) electrons. The van der Waals surface area contributed by atoms with Crippen molar-refractivity contribution in [3.05, 3.63) is 29.6 Å². The molecule has 1 amide bonds. The second-order valence-corrected chi connectivity index (χ2v) is 6.70. The van der Waals surface area contributed by atoms with Gasteiger partial charge in [0, 0.05) is 31.9 Å². The second kappa shape index (κ2) is 6.34. The first-order valence-electron chi connectivity index (χ1n) is 8.22. The van der Waals surface area contributed by atoms with E-state index in [-0.39, 0.29) is 5.91 Å². The number of nitrogens with zero attached hydrogens (tertiary/aromatic N) is 2. The molecular formula is C17H25N3O2. The number of aromatic nitrogens is 1. The largest absolute Gasteiger partial charge is 0.379 e. The van der Waals surface area contributed by atoms with Crippen LogP contribution in [0.5, 0.6) is 0 Å². The minimum absolute atomic E-state index is 0.102. The molecule has 0 bridgehead atoms. The molecule has 2 fully saturated rings. The fraction of sp³-hybridized carbons (Fsp3) is 0.647. The number of rotatable bonds is 6. The van der Waals surface area contributed by atoms with E-state index < -0.39 is 5.60 Å². The highest BCUT2D eigenvalue weighted by Gasteiger charge is 2.43. The highest BCUT2D eigenvalue weighted by atomic mass is 16.3. The van der Waals surface area contributed by atoms with Crippen molar-refractivity contribution in [3.8, 4) is 0 Å². The van der Waals surface area contributed by atoms with Gasteiger partial charge in [-0.1, -0.05) is 6.07 Å². The third-order valence-corrected chi connectivity index (χ3v) is 4.55. The summed E-state index contributed by atoms with van der Waals surface area (Å²) in [5, 5.41) is 13.9. The van der Waals surface area contributed by atoms with Crippen LogP contribution in [-0.4, -0.2) is 46.1 Å². The number of aryl methyl sites for hydroxylation is 1. The van der Waals surface area contributed by atoms with E-state index in [0.29, 0.717) is 25.4 Å². The minimum atomic E-state index is -1.25. The Morgan fingerprint density at radius 2 is 2.27 bits per heavy atom. The van der Waals surface area contributed by atoms with Gasteiger partial charge in [0.2, 0.25) is 0 Å². The van der Waals surface area contributed by atoms with Gasteiger partial charge in [0.25, 0.3) is 5.91 Å². The lowest BCUT2D eigenvalue weighted by Gasteiger charge is -2.38. The summed E-state index contributed by atoms with van der Waals surface area (Å²) in [4.78, 5) is 18.8. The molecule has 2 aliphatic rings. The molecular weight excluding hydrogens is 278 g/mol. The molecule has 1 saturated carbocycles. The number of carbonyl (C=O) groups excluding carboxylic acids is 1. The molecule has 1 aromatic heterocycles. The van der Waals surface area contributed by atoms with E-state index in [1.54, 1.807) is 0 Å². The quantitative estimate of drug-likeness (QED) is 0.830. The minimum Gasteiger partial charge on any atom is -0.379 e. The van der Waals surface area contributed by atoms with E-state index >= 15 is 0 Å². The number of piperidine rings is 1. The van der Waals surface area contributed by atoms with Gasteiger partial charge in [0.15, 0.2) is 5.60 Å². The van der Waals surface area contributed by atoms with Gasteiger partial charge in [-0.25, -0.2) is 0 Å². The summed E-state index contributed by atoms with van der Waals surface area (Å²) in [6.07, 6.45) is 3.86. The van der Waals surface area contributed by atoms with Gasteiger partial charge in [-0.05, 0) is 50.7 Å². The monoisotopic (exact) mass is 303 g/mol. The smallest absolute Gasteiger partial charge is 0.255 e. The van der Waals surface area contributed by atoms with Crippen molar-refractivity contribution in [2.75, 3.05) is 19.6 Å². The lowest BCUT2D eigenvalue weighted by atomic mass is 9.91. The molecule has 5 nitrogen and oxygen atoms in total. The van der Waals surface area contributed by atoms with Gasteiger partial charge >= 0.3 is 0 Å². The number of aliphatic hydroxyl groups is 1. The first-order valence-corrected chi connectivity index (χ1v) is 8.22. The summed E-state index contributed by atoms with van der Waals surface area (Å²) in [5.74, 6) is 0.561. The van der Waals surface area contributed by atoms with Gasteiger partial charge in [0.05, 0.1) is 5.69 Å². The third-order valence-electron chi connectivity index (χ3n) is 4.55. The van der Waals surface area contributed by atoms with Crippen molar-refractivity contribution in [2.24, 2.45) is 5.92 Å². The molecule has 3 rings (SSSR count). The molecule has 2 N–H and O–H groups in total. The van der Waals surface area contributed by atoms with Crippen molar-refractivity contribution in [3.63, 3.8) is 0 Å². The molecule has 1 saturated heterocycles. The number of hydrogen-bond donors (Lipinski definition) is 2. The van der Waals surface area contributed by atoms with Gasteiger partial charge in [0.1, 0.15) is 0 Å². The first kappa shape index (κ1) is 15.4. The molecule has 0 spiro atoms. The van der Waals surface area contributed by atoms with Crippen LogP contribution in [0.3, 0.4) is 0 Å². The predicted octanol–water partition coefficient (Wildman–Crippen LogP) is 1.24. The maximum Gasteiger partial charge on any atom is 0.255 e. The third kappa shape index (κ3) is 3.65. The molecule has 0 unspecified atom stereocenters. The van der Waals surface area contributed by atoms with Crippen LogP contribution >= 0.6 is 0 Å². The van der Waals surface area contributed by atoms with E-state index in [0.717, 1.165) is 30.9 Å². The zero-order chi connectivity index (χ0) is 15.6. The number of likely N-dealkylation sites (tertiary alicyclic amines) is 1. The van der Waals surface area contributed by atoms with E-state index in [2.05, 4.69) is 10.3 Å². The van der Waals surface area contributed by atoms with Crippen LogP contribution in [-0.2, 0) is 11.3 Å². The summed E-state index contributed by atoms with van der Waals surface area (Å²) in [5.41, 5.74) is 0.654. The molecule has 1 aromatic rings. The highest BCUT2D eigenvalue weighted by Crippen LogP contribution is 2.32. The lowest BCUT2D eigenvalue weighted by molar-refractivity contribution is -0.156. The van der Waals surface area contributed by atoms with Crippen molar-refractivity contribution >= 4 is 5.91 Å². The Morgan fingerprint density at radius 3 is 3.00 bits per heavy atom. The molecule has 120 valence electrons. The van der Waals surface area contributed by atoms with Crippen LogP contribution in [0.15, 0.2) is 18.2 Å². The van der Waals surface area contributed by atoms with E-state index in [1.165, 1.54) is 12.8 Å². The van der Waals surface area contributed by atoms with Gasteiger partial charge in [-0.15, -0.1) is 0 Å². The Morgan fingerprint density at radius 1 is 1.45 bits per heavy atom. The zero-order valence-electron chi connectivity index (χ0n) is 13.2. The Hall–Kier alpha value is -1.46. The van der Waals surface area contributed by atoms with Crippen LogP contribution in [0.2, 0.25) is 0 Å². The maximum absolute atomic E-state index is 12.5. The van der Waals surface area contributed by atoms with Crippen molar-refractivity contribution in [2.45, 2.75) is 44.8 Å². The number of amides is 1. The van der Waals surface area contributed by atoms with E-state index in [1.807, 2.05) is 30.0 Å². The molecule has 1 atom stereocenters. The van der Waals surface area contributed by atoms with Crippen LogP contribution < -0.4 is 5.32 Å². The summed E-state index contributed by atoms with van der Waals surface area (Å²) < 4.78 is 0. The number of pyridine rings is 1. The van der Waals surface area contributed by atoms with Gasteiger partial charge in [-0.3, -0.25) is 9.78 Å². The van der Waals surface area contributed by atoms with Crippen LogP contribution in [0, 0.1) is 12.8 Å². The highest BCUT2D eigenvalue weighted by molar-refractivity contribution is 5.86. The molecule has 2 heterocycles. The second-order valence-electron chi connectivity index (χ2n) is 6.70. The number of carbonyl (C=O) groups is 1. The van der Waals surface area contributed by atoms with Gasteiger partial charge < -0.3 is 15.3 Å². The van der Waals surface area contributed by atoms with Crippen molar-refractivity contribution < 1.29 is 9.90 Å². The van der Waals surface area contributed by atoms with Crippen LogP contribution in [0.4, 0.5) is 0 Å². The van der Waals surface area contributed by atoms with Gasteiger partial charge in [-0.2, -0.15) is 0 Å². The van der Waals surface area contributed by atoms with Crippen LogP contribution in [0.25, 0.3) is 0 Å². The SMILES string of the molecule is Cc1cccc(CNC[C@@]2(O)CCCN(CC3CC3)C2=O)n1. The molecule has 0 aromatic carbocycles. The van der Waals surface area contributed by atoms with E-state index in [4.69, 9.17) is 0 Å². The standard InChI is InChI=1S/C17H25N3O2/c1-13-4-2-5-15(19-13)10-18-12-17(22)8-3-9-20(16(17)21)11-14-6-7-14/h2,4-5,14,18,22H,3,6-12H2,1H3/t17-/m0/s1. The Bertz CT molecular complexity index is 544. The average Bonchev–Trinajstić information content (AvgIpc) is 3.28. The molecule has 1 aliphatic carbocycles. The average molecular weight is 303 g/mol. The normalized spacial score (nSPS) is 25.5. The van der Waals surface area contributed by atoms with E-state index in [9.17, 15) is 9.90 Å². The predicted molar refractivity (Wildman–Crippen MR) is 84.2 cm³/mol. The summed E-state index contributed by atoms with van der Waals surface area (Å²) in [6, 6.07) is 5.88. The maximum atomic E-state index is 12.5.